The average molecular weight is 681 g/mol. The molecule has 0 fully saturated rings. The molecular formula is C50H36N2O. The zero-order valence-corrected chi connectivity index (χ0v) is 29.7. The van der Waals surface area contributed by atoms with Crippen LogP contribution in [0.15, 0.2) is 184 Å². The molecule has 0 saturated carbocycles. The lowest BCUT2D eigenvalue weighted by atomic mass is 9.82. The number of benzene rings is 7. The third-order valence-corrected chi connectivity index (χ3v) is 11.0. The van der Waals surface area contributed by atoms with Crippen molar-refractivity contribution in [1.82, 2.24) is 0 Å². The predicted octanol–water partition coefficient (Wildman–Crippen LogP) is 12.9. The van der Waals surface area contributed by atoms with Crippen LogP contribution in [0.4, 0.5) is 0 Å². The summed E-state index contributed by atoms with van der Waals surface area (Å²) in [6.45, 7) is 4.67. The molecule has 1 aliphatic heterocycles. The minimum absolute atomic E-state index is 0.0551. The van der Waals surface area contributed by atoms with Crippen molar-refractivity contribution in [3.05, 3.63) is 198 Å². The molecule has 0 amide bonds. The fourth-order valence-electron chi connectivity index (χ4n) is 8.34. The molecule has 10 rings (SSSR count). The van der Waals surface area contributed by atoms with Gasteiger partial charge in [-0.25, -0.2) is 9.98 Å². The maximum Gasteiger partial charge on any atom is 0.160 e. The van der Waals surface area contributed by atoms with Gasteiger partial charge in [-0.15, -0.1) is 0 Å². The second-order valence-corrected chi connectivity index (χ2v) is 14.5. The number of hydrogen-bond donors (Lipinski definition) is 0. The van der Waals surface area contributed by atoms with Crippen LogP contribution < -0.4 is 0 Å². The molecule has 1 aliphatic carbocycles. The lowest BCUT2D eigenvalue weighted by Crippen LogP contribution is -2.14. The lowest BCUT2D eigenvalue weighted by Gasteiger charge is -2.21. The van der Waals surface area contributed by atoms with Gasteiger partial charge in [-0.1, -0.05) is 159 Å². The van der Waals surface area contributed by atoms with Crippen LogP contribution in [0.2, 0.25) is 0 Å². The molecule has 0 N–H and O–H groups in total. The quantitative estimate of drug-likeness (QED) is 0.178. The summed E-state index contributed by atoms with van der Waals surface area (Å²) in [5.74, 6) is 0.715. The second kappa shape index (κ2) is 12.3. The third kappa shape index (κ3) is 5.19. The Morgan fingerprint density at radius 1 is 0.491 bits per heavy atom. The van der Waals surface area contributed by atoms with Gasteiger partial charge >= 0.3 is 0 Å². The van der Waals surface area contributed by atoms with Crippen molar-refractivity contribution in [2.24, 2.45) is 9.98 Å². The Bertz CT molecular complexity index is 2820. The van der Waals surface area contributed by atoms with Crippen LogP contribution in [0.25, 0.3) is 61.0 Å². The zero-order chi connectivity index (χ0) is 35.5. The van der Waals surface area contributed by atoms with Crippen LogP contribution in [0.5, 0.6) is 0 Å². The highest BCUT2D eigenvalue weighted by Gasteiger charge is 2.36. The summed E-state index contributed by atoms with van der Waals surface area (Å²) in [7, 11) is 0. The number of fused-ring (bicyclic) bond motifs is 6. The minimum atomic E-state index is -0.0551. The van der Waals surface area contributed by atoms with E-state index in [4.69, 9.17) is 14.4 Å². The predicted molar refractivity (Wildman–Crippen MR) is 221 cm³/mol. The number of amidine groups is 1. The van der Waals surface area contributed by atoms with Gasteiger partial charge in [0.15, 0.2) is 5.84 Å². The smallest absolute Gasteiger partial charge is 0.160 e. The highest BCUT2D eigenvalue weighted by molar-refractivity contribution is 6.16. The van der Waals surface area contributed by atoms with Crippen LogP contribution in [0.3, 0.4) is 0 Å². The Kier molecular flexibility index (Phi) is 7.23. The van der Waals surface area contributed by atoms with Gasteiger partial charge in [0.2, 0.25) is 0 Å². The SMILES string of the molecule is CC1(C)c2ccccc2-c2c(-c3ccc4oc5cccc(-c6cccc(C7=CCC(c8ccccc8)=NC(c8ccccc8)=N7)c6)c5c4c3)cccc21. The second-order valence-electron chi connectivity index (χ2n) is 14.5. The number of aliphatic imine (C=N–C) groups is 2. The Hall–Kier alpha value is -6.58. The Morgan fingerprint density at radius 2 is 1.13 bits per heavy atom. The van der Waals surface area contributed by atoms with Crippen molar-refractivity contribution in [2.45, 2.75) is 25.7 Å². The Labute approximate surface area is 309 Å². The van der Waals surface area contributed by atoms with Crippen LogP contribution in [-0.2, 0) is 5.41 Å². The molecule has 2 aliphatic rings. The number of allylic oxidation sites excluding steroid dienone is 1. The van der Waals surface area contributed by atoms with E-state index in [1.807, 2.05) is 24.3 Å². The molecule has 0 bridgehead atoms. The Morgan fingerprint density at radius 3 is 1.98 bits per heavy atom. The largest absolute Gasteiger partial charge is 0.456 e. The summed E-state index contributed by atoms with van der Waals surface area (Å²) in [4.78, 5) is 10.3. The first-order valence-corrected chi connectivity index (χ1v) is 18.3. The summed E-state index contributed by atoms with van der Waals surface area (Å²) in [6.07, 6.45) is 2.89. The highest BCUT2D eigenvalue weighted by atomic mass is 16.3. The van der Waals surface area contributed by atoms with E-state index in [0.29, 0.717) is 12.3 Å². The third-order valence-electron chi connectivity index (χ3n) is 11.0. The summed E-state index contributed by atoms with van der Waals surface area (Å²) >= 11 is 0. The maximum atomic E-state index is 6.52. The minimum Gasteiger partial charge on any atom is -0.456 e. The molecular weight excluding hydrogens is 645 g/mol. The van der Waals surface area contributed by atoms with Crippen LogP contribution in [0.1, 0.15) is 48.1 Å². The van der Waals surface area contributed by atoms with E-state index in [9.17, 15) is 0 Å². The van der Waals surface area contributed by atoms with Crippen molar-refractivity contribution in [2.75, 3.05) is 0 Å². The van der Waals surface area contributed by atoms with Gasteiger partial charge < -0.3 is 4.42 Å². The van der Waals surface area contributed by atoms with E-state index < -0.39 is 0 Å². The normalized spacial score (nSPS) is 14.6. The van der Waals surface area contributed by atoms with Gasteiger partial charge in [-0.2, -0.15) is 0 Å². The molecule has 0 saturated heterocycles. The van der Waals surface area contributed by atoms with Crippen molar-refractivity contribution in [3.8, 4) is 33.4 Å². The van der Waals surface area contributed by atoms with Crippen LogP contribution >= 0.6 is 0 Å². The molecule has 53 heavy (non-hydrogen) atoms. The fourth-order valence-corrected chi connectivity index (χ4v) is 8.34. The highest BCUT2D eigenvalue weighted by Crippen LogP contribution is 2.52. The number of furan rings is 1. The first-order chi connectivity index (χ1) is 26.0. The molecule has 0 spiro atoms. The molecule has 1 aromatic heterocycles. The topological polar surface area (TPSA) is 37.9 Å². The molecule has 0 atom stereocenters. The van der Waals surface area contributed by atoms with Crippen molar-refractivity contribution in [3.63, 3.8) is 0 Å². The van der Waals surface area contributed by atoms with E-state index in [0.717, 1.165) is 61.2 Å². The van der Waals surface area contributed by atoms with Crippen LogP contribution in [-0.4, -0.2) is 11.5 Å². The zero-order valence-electron chi connectivity index (χ0n) is 29.7. The van der Waals surface area contributed by atoms with Gasteiger partial charge in [0, 0.05) is 33.7 Å². The van der Waals surface area contributed by atoms with Crippen molar-refractivity contribution in [1.29, 1.82) is 0 Å². The summed E-state index contributed by atoms with van der Waals surface area (Å²) in [6, 6.07) is 58.0. The molecule has 252 valence electrons. The van der Waals surface area contributed by atoms with E-state index in [1.165, 1.54) is 33.4 Å². The van der Waals surface area contributed by atoms with Crippen LogP contribution in [0, 0.1) is 0 Å². The summed E-state index contributed by atoms with van der Waals surface area (Å²) < 4.78 is 6.52. The van der Waals surface area contributed by atoms with Crippen molar-refractivity contribution >= 4 is 39.2 Å². The summed E-state index contributed by atoms with van der Waals surface area (Å²) in [5.41, 5.74) is 16.9. The first kappa shape index (κ1) is 31.2. The monoisotopic (exact) mass is 680 g/mol. The number of nitrogens with zero attached hydrogens (tertiary/aromatic N) is 2. The molecule has 3 heteroatoms. The maximum absolute atomic E-state index is 6.52. The summed E-state index contributed by atoms with van der Waals surface area (Å²) in [5, 5.41) is 2.23. The molecule has 2 heterocycles. The van der Waals surface area contributed by atoms with Gasteiger partial charge in [0.1, 0.15) is 11.2 Å². The van der Waals surface area contributed by atoms with Crippen molar-refractivity contribution < 1.29 is 4.42 Å². The van der Waals surface area contributed by atoms with E-state index in [2.05, 4.69) is 159 Å². The Balaban J connectivity index is 1.09. The average Bonchev–Trinajstić information content (AvgIpc) is 3.59. The molecule has 7 aromatic carbocycles. The van der Waals surface area contributed by atoms with Gasteiger partial charge in [-0.3, -0.25) is 0 Å². The molecule has 8 aromatic rings. The van der Waals surface area contributed by atoms with Gasteiger partial charge in [0.25, 0.3) is 0 Å². The van der Waals surface area contributed by atoms with E-state index in [-0.39, 0.29) is 5.41 Å². The molecule has 0 radical (unpaired) electrons. The van der Waals surface area contributed by atoms with Gasteiger partial charge in [0.05, 0.1) is 11.4 Å². The fraction of sp³-hybridized carbons (Fsp3) is 0.0800. The van der Waals surface area contributed by atoms with E-state index >= 15 is 0 Å². The lowest BCUT2D eigenvalue weighted by molar-refractivity contribution is 0.660. The molecule has 0 unspecified atom stereocenters. The number of hydrogen-bond acceptors (Lipinski definition) is 3. The first-order valence-electron chi connectivity index (χ1n) is 18.3. The van der Waals surface area contributed by atoms with Gasteiger partial charge in [-0.05, 0) is 74.3 Å². The standard InChI is InChI=1S/C50H36N2O/c1-50(2)41-23-10-9-20-39(41)47-37(21-12-24-42(47)50)35-26-29-45-40(31-35)48-38(22-13-25-46(48)53-45)34-18-11-19-36(30-34)44-28-27-43(32-14-5-3-6-15-32)51-49(52-44)33-16-7-4-8-17-33/h3-26,28-31H,27H2,1-2H3. The van der Waals surface area contributed by atoms with E-state index in [1.54, 1.807) is 0 Å². The molecule has 3 nitrogen and oxygen atoms in total. The number of rotatable bonds is 5.